The predicted octanol–water partition coefficient (Wildman–Crippen LogP) is 3.62. The first-order valence-corrected chi connectivity index (χ1v) is 14.3. The molecule has 6 atom stereocenters. The third-order valence-electron chi connectivity index (χ3n) is 9.11. The number of carbonyl (C=O) groups is 3. The Morgan fingerprint density at radius 1 is 1.03 bits per heavy atom. The number of para-hydroxylation sites is 1. The van der Waals surface area contributed by atoms with Crippen LogP contribution in [-0.4, -0.2) is 70.8 Å². The van der Waals surface area contributed by atoms with E-state index < -0.39 is 41.1 Å². The Labute approximate surface area is 230 Å². The summed E-state index contributed by atoms with van der Waals surface area (Å²) in [5.41, 5.74) is 0.247. The SMILES string of the molecule is CC[C@@H](CO)N1C(=O)[C@@H]2[C@H]3C(=O)OCCCC/C=C\[C@@]3(CC)O[C@@]23C=CCN(c2c(C)cccc2C)C(=O)C13. The molecule has 8 nitrogen and oxygen atoms in total. The van der Waals surface area contributed by atoms with Gasteiger partial charge in [-0.3, -0.25) is 14.4 Å². The normalized spacial score (nSPS) is 34.2. The van der Waals surface area contributed by atoms with Crippen molar-refractivity contribution in [2.45, 2.75) is 83.1 Å². The fraction of sp³-hybridized carbons (Fsp3) is 0.581. The third kappa shape index (κ3) is 4.14. The molecule has 4 aliphatic rings. The summed E-state index contributed by atoms with van der Waals surface area (Å²) in [6.45, 7) is 8.06. The lowest BCUT2D eigenvalue weighted by molar-refractivity contribution is -0.161. The lowest BCUT2D eigenvalue weighted by Gasteiger charge is -2.41. The highest BCUT2D eigenvalue weighted by atomic mass is 16.6. The number of benzene rings is 1. The van der Waals surface area contributed by atoms with Crippen molar-refractivity contribution in [2.24, 2.45) is 11.8 Å². The Bertz CT molecular complexity index is 1190. The Balaban J connectivity index is 1.71. The average Bonchev–Trinajstić information content (AvgIpc) is 3.28. The molecule has 1 unspecified atom stereocenters. The van der Waals surface area contributed by atoms with Crippen molar-refractivity contribution in [3.63, 3.8) is 0 Å². The van der Waals surface area contributed by atoms with Crippen molar-refractivity contribution >= 4 is 23.5 Å². The molecule has 1 aromatic rings. The van der Waals surface area contributed by atoms with Crippen molar-refractivity contribution in [2.75, 3.05) is 24.7 Å². The highest BCUT2D eigenvalue weighted by Gasteiger charge is 2.75. The van der Waals surface area contributed by atoms with Crippen LogP contribution in [0.2, 0.25) is 0 Å². The summed E-state index contributed by atoms with van der Waals surface area (Å²) < 4.78 is 12.7. The number of nitrogens with zero attached hydrogens (tertiary/aromatic N) is 2. The van der Waals surface area contributed by atoms with Crippen LogP contribution in [0.3, 0.4) is 0 Å². The van der Waals surface area contributed by atoms with Gasteiger partial charge in [-0.1, -0.05) is 56.4 Å². The summed E-state index contributed by atoms with van der Waals surface area (Å²) in [6.07, 6.45) is 11.1. The number of amides is 2. The lowest BCUT2D eigenvalue weighted by atomic mass is 9.73. The molecule has 2 amide bonds. The number of fused-ring (bicyclic) bond motifs is 2. The molecule has 1 spiro atoms. The van der Waals surface area contributed by atoms with Gasteiger partial charge in [-0.05, 0) is 57.1 Å². The number of esters is 1. The Morgan fingerprint density at radius 2 is 1.77 bits per heavy atom. The first kappa shape index (κ1) is 27.6. The van der Waals surface area contributed by atoms with Crippen molar-refractivity contribution in [1.82, 2.24) is 4.90 Å². The molecule has 1 N–H and O–H groups in total. The fourth-order valence-electron chi connectivity index (χ4n) is 7.22. The Hall–Kier alpha value is -2.97. The third-order valence-corrected chi connectivity index (χ3v) is 9.11. The molecule has 2 saturated heterocycles. The first-order chi connectivity index (χ1) is 18.8. The minimum Gasteiger partial charge on any atom is -0.465 e. The molecule has 0 aliphatic carbocycles. The molecule has 1 aromatic carbocycles. The largest absolute Gasteiger partial charge is 0.465 e. The molecule has 4 aliphatic heterocycles. The average molecular weight is 537 g/mol. The van der Waals surface area contributed by atoms with Crippen molar-refractivity contribution in [1.29, 1.82) is 0 Å². The van der Waals surface area contributed by atoms with Gasteiger partial charge in [0.1, 0.15) is 23.2 Å². The van der Waals surface area contributed by atoms with E-state index in [-0.39, 0.29) is 25.0 Å². The topological polar surface area (TPSA) is 96.4 Å². The number of allylic oxidation sites excluding steroid dienone is 1. The predicted molar refractivity (Wildman–Crippen MR) is 147 cm³/mol. The molecule has 0 aromatic heterocycles. The molecular formula is C31H40N2O6. The number of aliphatic hydroxyl groups excluding tert-OH is 1. The number of aryl methyl sites for hydroxylation is 2. The van der Waals surface area contributed by atoms with Gasteiger partial charge in [-0.15, -0.1) is 0 Å². The van der Waals surface area contributed by atoms with E-state index in [1.807, 2.05) is 70.2 Å². The second-order valence-corrected chi connectivity index (χ2v) is 11.3. The minimum atomic E-state index is -1.37. The van der Waals surface area contributed by atoms with Crippen LogP contribution < -0.4 is 4.90 Å². The van der Waals surface area contributed by atoms with Gasteiger partial charge in [0.05, 0.1) is 25.2 Å². The number of carbonyl (C=O) groups excluding carboxylic acids is 3. The van der Waals surface area contributed by atoms with Crippen LogP contribution in [0, 0.1) is 25.7 Å². The van der Waals surface area contributed by atoms with E-state index in [1.54, 1.807) is 4.90 Å². The maximum Gasteiger partial charge on any atom is 0.313 e. The van der Waals surface area contributed by atoms with Gasteiger partial charge in [0, 0.05) is 12.2 Å². The van der Waals surface area contributed by atoms with E-state index in [2.05, 4.69) is 0 Å². The van der Waals surface area contributed by atoms with Crippen LogP contribution in [0.4, 0.5) is 5.69 Å². The second-order valence-electron chi connectivity index (χ2n) is 11.3. The number of hydrogen-bond donors (Lipinski definition) is 1. The Kier molecular flexibility index (Phi) is 7.46. The van der Waals surface area contributed by atoms with Gasteiger partial charge >= 0.3 is 5.97 Å². The van der Waals surface area contributed by atoms with E-state index in [0.717, 1.165) is 36.1 Å². The van der Waals surface area contributed by atoms with Gasteiger partial charge in [-0.25, -0.2) is 0 Å². The highest BCUT2D eigenvalue weighted by molar-refractivity contribution is 6.06. The monoisotopic (exact) mass is 536 g/mol. The first-order valence-electron chi connectivity index (χ1n) is 14.3. The summed E-state index contributed by atoms with van der Waals surface area (Å²) in [6, 6.07) is 4.27. The maximum absolute atomic E-state index is 14.7. The number of hydrogen-bond acceptors (Lipinski definition) is 6. The summed E-state index contributed by atoms with van der Waals surface area (Å²) in [5, 5.41) is 10.3. The van der Waals surface area contributed by atoms with Crippen LogP contribution in [-0.2, 0) is 23.9 Å². The van der Waals surface area contributed by atoms with Crippen LogP contribution in [0.1, 0.15) is 57.1 Å². The number of rotatable bonds is 5. The second kappa shape index (κ2) is 10.5. The highest BCUT2D eigenvalue weighted by Crippen LogP contribution is 2.58. The van der Waals surface area contributed by atoms with E-state index in [1.165, 1.54) is 4.90 Å². The summed E-state index contributed by atoms with van der Waals surface area (Å²) in [5.74, 6) is -2.93. The fourth-order valence-corrected chi connectivity index (χ4v) is 7.22. The molecule has 5 rings (SSSR count). The molecule has 210 valence electrons. The zero-order valence-electron chi connectivity index (χ0n) is 23.4. The minimum absolute atomic E-state index is 0.271. The lowest BCUT2D eigenvalue weighted by Crippen LogP contribution is -2.59. The number of aliphatic hydroxyl groups is 1. The van der Waals surface area contributed by atoms with Crippen molar-refractivity contribution < 1.29 is 29.0 Å². The van der Waals surface area contributed by atoms with E-state index in [9.17, 15) is 19.5 Å². The number of likely N-dealkylation sites (tertiary alicyclic amines) is 1. The molecule has 8 heteroatoms. The number of ether oxygens (including phenoxy) is 2. The van der Waals surface area contributed by atoms with Crippen LogP contribution in [0.5, 0.6) is 0 Å². The van der Waals surface area contributed by atoms with Crippen LogP contribution in [0.25, 0.3) is 0 Å². The zero-order valence-corrected chi connectivity index (χ0v) is 23.4. The quantitative estimate of drug-likeness (QED) is 0.456. The molecule has 0 bridgehead atoms. The number of cyclic esters (lactones) is 1. The van der Waals surface area contributed by atoms with E-state index in [0.29, 0.717) is 19.4 Å². The van der Waals surface area contributed by atoms with E-state index in [4.69, 9.17) is 9.47 Å². The molecule has 2 fully saturated rings. The summed E-state index contributed by atoms with van der Waals surface area (Å²) in [7, 11) is 0. The van der Waals surface area contributed by atoms with Gasteiger partial charge in [0.25, 0.3) is 5.91 Å². The van der Waals surface area contributed by atoms with Gasteiger partial charge in [-0.2, -0.15) is 0 Å². The molecular weight excluding hydrogens is 496 g/mol. The van der Waals surface area contributed by atoms with Crippen LogP contribution in [0.15, 0.2) is 42.5 Å². The molecule has 0 saturated carbocycles. The van der Waals surface area contributed by atoms with Gasteiger partial charge in [0.15, 0.2) is 0 Å². The summed E-state index contributed by atoms with van der Waals surface area (Å²) in [4.78, 5) is 46.1. The van der Waals surface area contributed by atoms with Crippen LogP contribution >= 0.6 is 0 Å². The number of anilines is 1. The van der Waals surface area contributed by atoms with Gasteiger partial charge < -0.3 is 24.4 Å². The van der Waals surface area contributed by atoms with Crippen molar-refractivity contribution in [3.8, 4) is 0 Å². The van der Waals surface area contributed by atoms with Crippen molar-refractivity contribution in [3.05, 3.63) is 53.6 Å². The maximum atomic E-state index is 14.7. The Morgan fingerprint density at radius 3 is 2.44 bits per heavy atom. The zero-order chi connectivity index (χ0) is 27.9. The summed E-state index contributed by atoms with van der Waals surface area (Å²) >= 11 is 0. The van der Waals surface area contributed by atoms with E-state index >= 15 is 0 Å². The standard InChI is InChI=1S/C31H40N2O6/c1-5-22(19-34)33-26-28(36)32(25-20(3)13-11-14-21(25)4)17-12-16-31(26)23(27(33)35)24-29(37)38-18-10-8-7-9-15-30(24,6-2)39-31/h9,11-16,22-24,26,34H,5-8,10,17-19H2,1-4H3/b15-9-/t22-,23-,24-,26?,30+,31-/m0/s1. The molecule has 39 heavy (non-hydrogen) atoms. The smallest absolute Gasteiger partial charge is 0.313 e. The van der Waals surface area contributed by atoms with Gasteiger partial charge in [0.2, 0.25) is 5.91 Å². The molecule has 4 heterocycles. The molecule has 0 radical (unpaired) electrons.